The van der Waals surface area contributed by atoms with Crippen molar-refractivity contribution in [2.75, 3.05) is 5.73 Å². The van der Waals surface area contributed by atoms with Crippen molar-refractivity contribution in [3.8, 4) is 5.69 Å². The molecule has 2 amide bonds. The Morgan fingerprint density at radius 3 is 2.39 bits per heavy atom. The van der Waals surface area contributed by atoms with E-state index in [-0.39, 0.29) is 16.9 Å². The number of nitrogens with two attached hydrogens (primary N) is 1. The van der Waals surface area contributed by atoms with Gasteiger partial charge in [0.05, 0.1) is 16.8 Å². The van der Waals surface area contributed by atoms with Crippen LogP contribution >= 0.6 is 0 Å². The lowest BCUT2D eigenvalue weighted by atomic mass is 10.1. The van der Waals surface area contributed by atoms with Crippen LogP contribution in [0.4, 0.5) is 5.82 Å². The van der Waals surface area contributed by atoms with Crippen LogP contribution in [0.1, 0.15) is 20.7 Å². The molecule has 2 aromatic carbocycles. The highest BCUT2D eigenvalue weighted by Gasteiger charge is 2.31. The molecule has 0 spiro atoms. The first-order chi connectivity index (χ1) is 11.1. The third kappa shape index (κ3) is 1.85. The van der Waals surface area contributed by atoms with E-state index in [0.29, 0.717) is 5.69 Å². The second kappa shape index (κ2) is 4.54. The summed E-state index contributed by atoms with van der Waals surface area (Å²) in [5.41, 5.74) is 6.17. The summed E-state index contributed by atoms with van der Waals surface area (Å²) >= 11 is 0. The third-order valence-electron chi connectivity index (χ3n) is 3.94. The Bertz CT molecular complexity index is 1070. The van der Waals surface area contributed by atoms with Gasteiger partial charge < -0.3 is 5.73 Å². The Balaban J connectivity index is 2.02. The maximum atomic E-state index is 12.4. The molecule has 0 fully saturated rings. The molecule has 0 aliphatic carbocycles. The first-order valence-electron chi connectivity index (χ1n) is 6.96. The van der Waals surface area contributed by atoms with Crippen LogP contribution < -0.4 is 16.6 Å². The molecular formula is C17H11N3O3. The van der Waals surface area contributed by atoms with Crippen molar-refractivity contribution in [1.29, 1.82) is 0 Å². The summed E-state index contributed by atoms with van der Waals surface area (Å²) in [6, 6.07) is 14.3. The fourth-order valence-electron chi connectivity index (χ4n) is 2.86. The van der Waals surface area contributed by atoms with E-state index in [1.165, 1.54) is 4.57 Å². The third-order valence-corrected chi connectivity index (χ3v) is 3.94. The number of amides is 2. The number of hydrogen-bond donors (Lipinski definition) is 2. The van der Waals surface area contributed by atoms with Crippen LogP contribution in [0.3, 0.4) is 0 Å². The largest absolute Gasteiger partial charge is 0.384 e. The highest BCUT2D eigenvalue weighted by atomic mass is 16.2. The number of carbonyl (C=O) groups excluding carboxylic acids is 2. The van der Waals surface area contributed by atoms with E-state index >= 15 is 0 Å². The second-order valence-electron chi connectivity index (χ2n) is 5.31. The molecule has 23 heavy (non-hydrogen) atoms. The van der Waals surface area contributed by atoms with E-state index in [9.17, 15) is 14.4 Å². The van der Waals surface area contributed by atoms with E-state index in [1.54, 1.807) is 6.07 Å². The van der Waals surface area contributed by atoms with Crippen LogP contribution in [0.15, 0.2) is 53.3 Å². The summed E-state index contributed by atoms with van der Waals surface area (Å²) in [5.74, 6) is -1.22. The van der Waals surface area contributed by atoms with Gasteiger partial charge in [-0.3, -0.25) is 24.3 Å². The number of nitrogens with zero attached hydrogens (tertiary/aromatic N) is 1. The molecule has 6 heteroatoms. The standard InChI is InChI=1S/C17H11N3O3/c18-15-14-12(16(22)19-17(14)23)8-13(21)20(15)11-6-5-9-3-1-2-4-10(9)7-11/h1-8H,18H2,(H,19,22,23). The van der Waals surface area contributed by atoms with Crippen LogP contribution in [0.2, 0.25) is 0 Å². The zero-order valence-electron chi connectivity index (χ0n) is 11.9. The molecule has 1 aliphatic rings. The number of pyridine rings is 1. The summed E-state index contributed by atoms with van der Waals surface area (Å²) in [7, 11) is 0. The highest BCUT2D eigenvalue weighted by molar-refractivity contribution is 6.23. The SMILES string of the molecule is Nc1c2c(cc(=O)n1-c1ccc3ccccc3c1)C(=O)NC2=O. The van der Waals surface area contributed by atoms with Crippen molar-refractivity contribution in [2.45, 2.75) is 0 Å². The molecule has 0 radical (unpaired) electrons. The first kappa shape index (κ1) is 13.3. The van der Waals surface area contributed by atoms with Gasteiger partial charge in [0.25, 0.3) is 17.4 Å². The Morgan fingerprint density at radius 1 is 0.870 bits per heavy atom. The van der Waals surface area contributed by atoms with Crippen molar-refractivity contribution < 1.29 is 9.59 Å². The van der Waals surface area contributed by atoms with Gasteiger partial charge in [-0.15, -0.1) is 0 Å². The van der Waals surface area contributed by atoms with Crippen LogP contribution in [0, 0.1) is 0 Å². The molecular weight excluding hydrogens is 294 g/mol. The van der Waals surface area contributed by atoms with Crippen LogP contribution in [0.5, 0.6) is 0 Å². The van der Waals surface area contributed by atoms with Gasteiger partial charge in [0, 0.05) is 6.07 Å². The van der Waals surface area contributed by atoms with Gasteiger partial charge in [0.1, 0.15) is 5.82 Å². The van der Waals surface area contributed by atoms with Gasteiger partial charge in [0.15, 0.2) is 0 Å². The van der Waals surface area contributed by atoms with Crippen molar-refractivity contribution in [1.82, 2.24) is 9.88 Å². The van der Waals surface area contributed by atoms with E-state index in [2.05, 4.69) is 5.32 Å². The summed E-state index contributed by atoms with van der Waals surface area (Å²) in [6.07, 6.45) is 0. The fraction of sp³-hybridized carbons (Fsp3) is 0. The van der Waals surface area contributed by atoms with Gasteiger partial charge in [-0.05, 0) is 22.9 Å². The van der Waals surface area contributed by atoms with Gasteiger partial charge >= 0.3 is 0 Å². The maximum absolute atomic E-state index is 12.4. The second-order valence-corrected chi connectivity index (χ2v) is 5.31. The van der Waals surface area contributed by atoms with Crippen molar-refractivity contribution in [2.24, 2.45) is 0 Å². The molecule has 0 atom stereocenters. The maximum Gasteiger partial charge on any atom is 0.262 e. The Labute approximate surface area is 130 Å². The molecule has 0 saturated heterocycles. The van der Waals surface area contributed by atoms with E-state index < -0.39 is 17.4 Å². The van der Waals surface area contributed by atoms with E-state index in [4.69, 9.17) is 5.73 Å². The van der Waals surface area contributed by atoms with E-state index in [0.717, 1.165) is 16.8 Å². The minimum atomic E-state index is -0.598. The first-order valence-corrected chi connectivity index (χ1v) is 6.96. The van der Waals surface area contributed by atoms with Gasteiger partial charge in [-0.1, -0.05) is 30.3 Å². The summed E-state index contributed by atoms with van der Waals surface area (Å²) in [6.45, 7) is 0. The number of aromatic nitrogens is 1. The normalized spacial score (nSPS) is 13.2. The zero-order chi connectivity index (χ0) is 16.1. The molecule has 0 unspecified atom stereocenters. The lowest BCUT2D eigenvalue weighted by molar-refractivity contribution is 0.0880. The molecule has 6 nitrogen and oxygen atoms in total. The van der Waals surface area contributed by atoms with Crippen molar-refractivity contribution >= 4 is 28.4 Å². The Hall–Kier alpha value is -3.41. The molecule has 1 aromatic heterocycles. The van der Waals surface area contributed by atoms with Gasteiger partial charge in [-0.2, -0.15) is 0 Å². The minimum Gasteiger partial charge on any atom is -0.384 e. The lowest BCUT2D eigenvalue weighted by Gasteiger charge is -2.12. The summed E-state index contributed by atoms with van der Waals surface area (Å²) in [4.78, 5) is 35.9. The fourth-order valence-corrected chi connectivity index (χ4v) is 2.86. The van der Waals surface area contributed by atoms with Crippen LogP contribution in [-0.4, -0.2) is 16.4 Å². The monoisotopic (exact) mass is 305 g/mol. The number of hydrogen-bond acceptors (Lipinski definition) is 4. The molecule has 2 heterocycles. The van der Waals surface area contributed by atoms with Gasteiger partial charge in [0.2, 0.25) is 0 Å². The summed E-state index contributed by atoms with van der Waals surface area (Å²) in [5, 5.41) is 4.12. The molecule has 4 rings (SSSR count). The number of rotatable bonds is 1. The quantitative estimate of drug-likeness (QED) is 0.665. The van der Waals surface area contributed by atoms with Crippen LogP contribution in [-0.2, 0) is 0 Å². The number of carbonyl (C=O) groups is 2. The lowest BCUT2D eigenvalue weighted by Crippen LogP contribution is -2.24. The zero-order valence-corrected chi connectivity index (χ0v) is 11.9. The van der Waals surface area contributed by atoms with Crippen molar-refractivity contribution in [3.05, 3.63) is 70.0 Å². The number of nitrogen functional groups attached to an aromatic ring is 1. The number of benzene rings is 2. The molecule has 1 aliphatic heterocycles. The average Bonchev–Trinajstić information content (AvgIpc) is 2.81. The summed E-state index contributed by atoms with van der Waals surface area (Å²) < 4.78 is 1.24. The smallest absolute Gasteiger partial charge is 0.262 e. The predicted molar refractivity (Wildman–Crippen MR) is 85.8 cm³/mol. The van der Waals surface area contributed by atoms with Crippen molar-refractivity contribution in [3.63, 3.8) is 0 Å². The number of fused-ring (bicyclic) bond motifs is 2. The molecule has 0 saturated carbocycles. The number of anilines is 1. The molecule has 3 N–H and O–H groups in total. The number of nitrogens with one attached hydrogen (secondary N) is 1. The average molecular weight is 305 g/mol. The Kier molecular flexibility index (Phi) is 2.62. The van der Waals surface area contributed by atoms with E-state index in [1.807, 2.05) is 36.4 Å². The minimum absolute atomic E-state index is 0.0227. The molecule has 0 bridgehead atoms. The topological polar surface area (TPSA) is 94.2 Å². The molecule has 3 aromatic rings. The number of imide groups is 1. The molecule has 112 valence electrons. The van der Waals surface area contributed by atoms with Crippen LogP contribution in [0.25, 0.3) is 16.5 Å². The highest BCUT2D eigenvalue weighted by Crippen LogP contribution is 2.24. The Morgan fingerprint density at radius 2 is 1.61 bits per heavy atom. The predicted octanol–water partition coefficient (Wildman–Crippen LogP) is 1.46. The van der Waals surface area contributed by atoms with Gasteiger partial charge in [-0.25, -0.2) is 0 Å².